The topological polar surface area (TPSA) is 80.9 Å². The first-order valence-corrected chi connectivity index (χ1v) is 9.40. The Kier molecular flexibility index (Phi) is 3.70. The van der Waals surface area contributed by atoms with E-state index in [2.05, 4.69) is 21.4 Å². The van der Waals surface area contributed by atoms with Gasteiger partial charge in [0.05, 0.1) is 15.9 Å². The summed E-state index contributed by atoms with van der Waals surface area (Å²) in [6.45, 7) is 5.95. The molecule has 3 aromatic heterocycles. The number of carbonyl (C=O) groups is 1. The Labute approximate surface area is 152 Å². The summed E-state index contributed by atoms with van der Waals surface area (Å²) in [5.74, 6) is -0.242. The molecule has 5 nitrogen and oxygen atoms in total. The number of thiazole rings is 1. The minimum Gasteiger partial charge on any atom is -0.397 e. The van der Waals surface area contributed by atoms with Crippen LogP contribution in [0.3, 0.4) is 0 Å². The standard InChI is InChI=1S/C18H16N4OS2/c1-8-4-5-11-12(6-8)24-18(21-11)22-16(23)15-14(19)13-9(2)7-10(3)20-17(13)25-15/h4-7H,19H2,1-3H3,(H,21,22,23). The van der Waals surface area contributed by atoms with Crippen LogP contribution in [0.4, 0.5) is 10.8 Å². The molecule has 3 heterocycles. The number of hydrogen-bond acceptors (Lipinski definition) is 6. The Morgan fingerprint density at radius 2 is 1.92 bits per heavy atom. The van der Waals surface area contributed by atoms with Crippen LogP contribution in [0.5, 0.6) is 0 Å². The second-order valence-corrected chi connectivity index (χ2v) is 8.08. The average Bonchev–Trinajstić information content (AvgIpc) is 3.07. The van der Waals surface area contributed by atoms with Crippen LogP contribution in [0.25, 0.3) is 20.4 Å². The normalized spacial score (nSPS) is 11.3. The maximum absolute atomic E-state index is 12.7. The molecule has 0 fully saturated rings. The average molecular weight is 368 g/mol. The first-order valence-electron chi connectivity index (χ1n) is 7.77. The number of nitrogen functional groups attached to an aromatic ring is 1. The van der Waals surface area contributed by atoms with Gasteiger partial charge in [-0.15, -0.1) is 11.3 Å². The fourth-order valence-corrected chi connectivity index (χ4v) is 4.95. The minimum atomic E-state index is -0.242. The lowest BCUT2D eigenvalue weighted by atomic mass is 10.1. The van der Waals surface area contributed by atoms with Gasteiger partial charge in [-0.05, 0) is 50.1 Å². The van der Waals surface area contributed by atoms with Crippen molar-refractivity contribution in [2.45, 2.75) is 20.8 Å². The number of thiophene rings is 1. The molecule has 1 amide bonds. The maximum Gasteiger partial charge on any atom is 0.269 e. The highest BCUT2D eigenvalue weighted by Crippen LogP contribution is 2.36. The predicted molar refractivity (Wildman–Crippen MR) is 106 cm³/mol. The predicted octanol–water partition coefficient (Wildman–Crippen LogP) is 4.67. The molecule has 0 atom stereocenters. The molecule has 0 saturated carbocycles. The molecule has 0 bridgehead atoms. The molecule has 0 spiro atoms. The first-order chi connectivity index (χ1) is 11.9. The highest BCUT2D eigenvalue weighted by molar-refractivity contribution is 7.23. The maximum atomic E-state index is 12.7. The molecule has 0 unspecified atom stereocenters. The van der Waals surface area contributed by atoms with Gasteiger partial charge in [0.15, 0.2) is 5.13 Å². The molecular weight excluding hydrogens is 352 g/mol. The van der Waals surface area contributed by atoms with Gasteiger partial charge in [0, 0.05) is 11.1 Å². The van der Waals surface area contributed by atoms with Gasteiger partial charge >= 0.3 is 0 Å². The number of pyridine rings is 1. The van der Waals surface area contributed by atoms with Crippen molar-refractivity contribution >= 4 is 59.8 Å². The van der Waals surface area contributed by atoms with Crippen LogP contribution >= 0.6 is 22.7 Å². The van der Waals surface area contributed by atoms with Crippen molar-refractivity contribution in [3.8, 4) is 0 Å². The van der Waals surface area contributed by atoms with Gasteiger partial charge in [0.25, 0.3) is 5.91 Å². The van der Waals surface area contributed by atoms with Gasteiger partial charge in [-0.25, -0.2) is 9.97 Å². The number of hydrogen-bond donors (Lipinski definition) is 2. The summed E-state index contributed by atoms with van der Waals surface area (Å²) < 4.78 is 1.05. The Balaban J connectivity index is 1.71. The van der Waals surface area contributed by atoms with E-state index < -0.39 is 0 Å². The molecule has 126 valence electrons. The Morgan fingerprint density at radius 1 is 1.12 bits per heavy atom. The van der Waals surface area contributed by atoms with Gasteiger partial charge in [0.1, 0.15) is 9.71 Å². The molecule has 0 radical (unpaired) electrons. The summed E-state index contributed by atoms with van der Waals surface area (Å²) in [7, 11) is 0. The number of aromatic nitrogens is 2. The van der Waals surface area contributed by atoms with E-state index in [0.717, 1.165) is 31.7 Å². The third-order valence-corrected chi connectivity index (χ3v) is 6.03. The van der Waals surface area contributed by atoms with Crippen LogP contribution in [-0.2, 0) is 0 Å². The molecule has 3 N–H and O–H groups in total. The van der Waals surface area contributed by atoms with Crippen LogP contribution in [0.2, 0.25) is 0 Å². The lowest BCUT2D eigenvalue weighted by molar-refractivity contribution is 0.103. The lowest BCUT2D eigenvalue weighted by Gasteiger charge is -2.01. The van der Waals surface area contributed by atoms with Crippen molar-refractivity contribution in [2.75, 3.05) is 11.1 Å². The van der Waals surface area contributed by atoms with Gasteiger partial charge in [-0.2, -0.15) is 0 Å². The molecule has 25 heavy (non-hydrogen) atoms. The largest absolute Gasteiger partial charge is 0.397 e. The number of benzene rings is 1. The van der Waals surface area contributed by atoms with Crippen molar-refractivity contribution in [3.05, 3.63) is 46.0 Å². The van der Waals surface area contributed by atoms with Crippen LogP contribution in [0.15, 0.2) is 24.3 Å². The highest BCUT2D eigenvalue weighted by Gasteiger charge is 2.20. The Morgan fingerprint density at radius 3 is 2.72 bits per heavy atom. The lowest BCUT2D eigenvalue weighted by Crippen LogP contribution is -2.11. The number of amides is 1. The van der Waals surface area contributed by atoms with Gasteiger partial charge in [0.2, 0.25) is 0 Å². The Hall–Kier alpha value is -2.51. The monoisotopic (exact) mass is 368 g/mol. The number of nitrogens with zero attached hydrogens (tertiary/aromatic N) is 2. The van der Waals surface area contributed by atoms with Crippen molar-refractivity contribution in [1.82, 2.24) is 9.97 Å². The molecule has 0 aliphatic rings. The van der Waals surface area contributed by atoms with E-state index in [0.29, 0.717) is 15.7 Å². The van der Waals surface area contributed by atoms with E-state index in [-0.39, 0.29) is 5.91 Å². The summed E-state index contributed by atoms with van der Waals surface area (Å²) in [6, 6.07) is 8.00. The summed E-state index contributed by atoms with van der Waals surface area (Å²) in [6.07, 6.45) is 0. The fourth-order valence-electron chi connectivity index (χ4n) is 2.88. The van der Waals surface area contributed by atoms with Crippen molar-refractivity contribution in [1.29, 1.82) is 0 Å². The number of fused-ring (bicyclic) bond motifs is 2. The third kappa shape index (κ3) is 2.75. The van der Waals surface area contributed by atoms with E-state index in [1.807, 2.05) is 39.0 Å². The van der Waals surface area contributed by atoms with Crippen LogP contribution in [-0.4, -0.2) is 15.9 Å². The van der Waals surface area contributed by atoms with Gasteiger partial charge < -0.3 is 5.73 Å². The van der Waals surface area contributed by atoms with Crippen molar-refractivity contribution < 1.29 is 4.79 Å². The highest BCUT2D eigenvalue weighted by atomic mass is 32.1. The molecule has 0 aliphatic carbocycles. The molecule has 1 aromatic carbocycles. The minimum absolute atomic E-state index is 0.242. The van der Waals surface area contributed by atoms with Crippen LogP contribution in [0, 0.1) is 20.8 Å². The molecule has 4 rings (SSSR count). The molecule has 7 heteroatoms. The second kappa shape index (κ2) is 5.79. The summed E-state index contributed by atoms with van der Waals surface area (Å²) in [4.78, 5) is 22.9. The van der Waals surface area contributed by atoms with Crippen LogP contribution in [0.1, 0.15) is 26.5 Å². The van der Waals surface area contributed by atoms with E-state index in [9.17, 15) is 4.79 Å². The van der Waals surface area contributed by atoms with Crippen molar-refractivity contribution in [3.63, 3.8) is 0 Å². The molecule has 0 aliphatic heterocycles. The molecule has 4 aromatic rings. The van der Waals surface area contributed by atoms with Crippen molar-refractivity contribution in [2.24, 2.45) is 0 Å². The molecular formula is C18H16N4OS2. The second-order valence-electron chi connectivity index (χ2n) is 6.05. The number of carbonyl (C=O) groups excluding carboxylic acids is 1. The fraction of sp³-hybridized carbons (Fsp3) is 0.167. The zero-order valence-corrected chi connectivity index (χ0v) is 15.6. The SMILES string of the molecule is Cc1ccc2nc(NC(=O)c3sc4nc(C)cc(C)c4c3N)sc2c1. The van der Waals surface area contributed by atoms with E-state index in [1.165, 1.54) is 28.2 Å². The zero-order chi connectivity index (χ0) is 17.7. The summed E-state index contributed by atoms with van der Waals surface area (Å²) >= 11 is 2.78. The summed E-state index contributed by atoms with van der Waals surface area (Å²) in [5, 5.41) is 4.31. The zero-order valence-electron chi connectivity index (χ0n) is 14.0. The number of nitrogens with two attached hydrogens (primary N) is 1. The van der Waals surface area contributed by atoms with E-state index >= 15 is 0 Å². The quantitative estimate of drug-likeness (QED) is 0.539. The number of anilines is 2. The van der Waals surface area contributed by atoms with E-state index in [1.54, 1.807) is 0 Å². The number of nitrogens with one attached hydrogen (secondary N) is 1. The number of rotatable bonds is 2. The van der Waals surface area contributed by atoms with Gasteiger partial charge in [-0.3, -0.25) is 10.1 Å². The molecule has 0 saturated heterocycles. The first kappa shape index (κ1) is 16.0. The smallest absolute Gasteiger partial charge is 0.269 e. The third-order valence-electron chi connectivity index (χ3n) is 3.99. The number of aryl methyl sites for hydroxylation is 3. The summed E-state index contributed by atoms with van der Waals surface area (Å²) in [5.41, 5.74) is 10.7. The van der Waals surface area contributed by atoms with Gasteiger partial charge in [-0.1, -0.05) is 17.4 Å². The van der Waals surface area contributed by atoms with E-state index in [4.69, 9.17) is 5.73 Å². The Bertz CT molecular complexity index is 1140. The van der Waals surface area contributed by atoms with Crippen LogP contribution < -0.4 is 11.1 Å².